The molecule has 17 heavy (non-hydrogen) atoms. The van der Waals surface area contributed by atoms with E-state index in [4.69, 9.17) is 21.1 Å². The number of hydrogen-bond acceptors (Lipinski definition) is 3. The maximum absolute atomic E-state index is 11.7. The average molecular weight is 322 g/mol. The second-order valence-electron chi connectivity index (χ2n) is 3.97. The zero-order chi connectivity index (χ0) is 13.0. The van der Waals surface area contributed by atoms with Gasteiger partial charge < -0.3 is 9.47 Å². The number of esters is 1. The van der Waals surface area contributed by atoms with E-state index in [0.717, 1.165) is 0 Å². The monoisotopic (exact) mass is 320 g/mol. The van der Waals surface area contributed by atoms with Crippen molar-refractivity contribution in [3.8, 4) is 5.75 Å². The Kier molecular flexibility index (Phi) is 5.28. The molecule has 0 atom stereocenters. The number of carbonyl (C=O) groups is 1. The molecular weight excluding hydrogens is 307 g/mol. The Bertz CT molecular complexity index is 418. The molecule has 94 valence electrons. The summed E-state index contributed by atoms with van der Waals surface area (Å²) in [5.74, 6) is 0.409. The van der Waals surface area contributed by atoms with E-state index in [9.17, 15) is 4.79 Å². The van der Waals surface area contributed by atoms with Crippen molar-refractivity contribution in [3.63, 3.8) is 0 Å². The van der Waals surface area contributed by atoms with Gasteiger partial charge in [-0.25, -0.2) is 4.79 Å². The minimum Gasteiger partial charge on any atom is -0.495 e. The molecule has 5 heteroatoms. The molecule has 0 radical (unpaired) electrons. The van der Waals surface area contributed by atoms with Crippen LogP contribution in [0.15, 0.2) is 16.6 Å². The summed E-state index contributed by atoms with van der Waals surface area (Å²) in [4.78, 5) is 11.7. The van der Waals surface area contributed by atoms with Crippen LogP contribution in [0, 0.1) is 5.92 Å². The van der Waals surface area contributed by atoms with Crippen molar-refractivity contribution in [3.05, 3.63) is 27.2 Å². The first-order valence-electron chi connectivity index (χ1n) is 5.15. The third-order valence-corrected chi connectivity index (χ3v) is 3.34. The van der Waals surface area contributed by atoms with E-state index in [1.54, 1.807) is 12.1 Å². The number of hydrogen-bond donors (Lipinski definition) is 0. The van der Waals surface area contributed by atoms with Gasteiger partial charge in [0.25, 0.3) is 0 Å². The van der Waals surface area contributed by atoms with Gasteiger partial charge in [0, 0.05) is 0 Å². The third-order valence-electron chi connectivity index (χ3n) is 2.00. The largest absolute Gasteiger partial charge is 0.495 e. The molecule has 0 N–H and O–H groups in total. The van der Waals surface area contributed by atoms with Crippen LogP contribution in [0.25, 0.3) is 0 Å². The Balaban J connectivity index is 2.91. The first-order valence-corrected chi connectivity index (χ1v) is 6.33. The highest BCUT2D eigenvalue weighted by Crippen LogP contribution is 2.33. The Hall–Kier alpha value is -0.740. The van der Waals surface area contributed by atoms with Crippen molar-refractivity contribution in [2.75, 3.05) is 13.7 Å². The Labute approximate surface area is 114 Å². The highest BCUT2D eigenvalue weighted by Gasteiger charge is 2.14. The lowest BCUT2D eigenvalue weighted by atomic mass is 10.2. The molecule has 3 nitrogen and oxygen atoms in total. The lowest BCUT2D eigenvalue weighted by molar-refractivity contribution is 0.0458. The molecule has 0 saturated carbocycles. The van der Waals surface area contributed by atoms with Crippen molar-refractivity contribution < 1.29 is 14.3 Å². The lowest BCUT2D eigenvalue weighted by Gasteiger charge is -2.10. The molecule has 0 unspecified atom stereocenters. The number of benzene rings is 1. The van der Waals surface area contributed by atoms with E-state index in [-0.39, 0.29) is 0 Å². The molecule has 0 amide bonds. The van der Waals surface area contributed by atoms with Crippen LogP contribution in [0.1, 0.15) is 24.2 Å². The predicted octanol–water partition coefficient (Wildman–Crippen LogP) is 3.92. The lowest BCUT2D eigenvalue weighted by Crippen LogP contribution is -2.10. The topological polar surface area (TPSA) is 35.5 Å². The third kappa shape index (κ3) is 3.89. The molecule has 1 aromatic carbocycles. The molecule has 0 aromatic heterocycles. The maximum atomic E-state index is 11.7. The maximum Gasteiger partial charge on any atom is 0.338 e. The van der Waals surface area contributed by atoms with Crippen molar-refractivity contribution in [2.24, 2.45) is 5.92 Å². The van der Waals surface area contributed by atoms with Gasteiger partial charge in [0.05, 0.1) is 28.8 Å². The molecule has 0 heterocycles. The van der Waals surface area contributed by atoms with Gasteiger partial charge in [-0.2, -0.15) is 0 Å². The van der Waals surface area contributed by atoms with Gasteiger partial charge >= 0.3 is 5.97 Å². The van der Waals surface area contributed by atoms with E-state index < -0.39 is 5.97 Å². The van der Waals surface area contributed by atoms with Gasteiger partial charge in [0.2, 0.25) is 0 Å². The van der Waals surface area contributed by atoms with E-state index >= 15 is 0 Å². The standard InChI is InChI=1S/C12H14BrClO3/c1-7(2)6-17-12(15)8-4-9(14)11(13)10(5-8)16-3/h4-5,7H,6H2,1-3H3. The fraction of sp³-hybridized carbons (Fsp3) is 0.417. The Morgan fingerprint density at radius 2 is 2.12 bits per heavy atom. The summed E-state index contributed by atoms with van der Waals surface area (Å²) in [5, 5.41) is 0.417. The summed E-state index contributed by atoms with van der Waals surface area (Å²) >= 11 is 9.25. The Morgan fingerprint density at radius 3 is 2.65 bits per heavy atom. The highest BCUT2D eigenvalue weighted by atomic mass is 79.9. The number of ether oxygens (including phenoxy) is 2. The molecule has 0 aliphatic carbocycles. The summed E-state index contributed by atoms with van der Waals surface area (Å²) in [6, 6.07) is 3.15. The second-order valence-corrected chi connectivity index (χ2v) is 5.17. The molecule has 0 saturated heterocycles. The number of methoxy groups -OCH3 is 1. The van der Waals surface area contributed by atoms with E-state index in [2.05, 4.69) is 15.9 Å². The summed E-state index contributed by atoms with van der Waals surface area (Å²) in [5.41, 5.74) is 0.385. The van der Waals surface area contributed by atoms with E-state index in [1.807, 2.05) is 13.8 Å². The fourth-order valence-corrected chi connectivity index (χ4v) is 1.76. The summed E-state index contributed by atoms with van der Waals surface area (Å²) in [7, 11) is 1.51. The zero-order valence-corrected chi connectivity index (χ0v) is 12.3. The zero-order valence-electron chi connectivity index (χ0n) is 9.92. The number of carbonyl (C=O) groups excluding carboxylic acids is 1. The van der Waals surface area contributed by atoms with Crippen molar-refractivity contribution in [1.82, 2.24) is 0 Å². The Morgan fingerprint density at radius 1 is 1.47 bits per heavy atom. The molecule has 0 fully saturated rings. The molecule has 0 spiro atoms. The minimum absolute atomic E-state index is 0.298. The van der Waals surface area contributed by atoms with Gasteiger partial charge in [0.1, 0.15) is 5.75 Å². The van der Waals surface area contributed by atoms with Gasteiger partial charge in [-0.05, 0) is 34.0 Å². The highest BCUT2D eigenvalue weighted by molar-refractivity contribution is 9.10. The van der Waals surface area contributed by atoms with Crippen LogP contribution >= 0.6 is 27.5 Å². The van der Waals surface area contributed by atoms with Crippen LogP contribution in [0.5, 0.6) is 5.75 Å². The smallest absolute Gasteiger partial charge is 0.338 e. The van der Waals surface area contributed by atoms with Gasteiger partial charge in [0.15, 0.2) is 0 Å². The first kappa shape index (κ1) is 14.3. The fourth-order valence-electron chi connectivity index (χ4n) is 1.16. The number of halogens is 2. The minimum atomic E-state index is -0.397. The van der Waals surface area contributed by atoms with E-state index in [1.165, 1.54) is 7.11 Å². The second kappa shape index (κ2) is 6.26. The SMILES string of the molecule is COc1cc(C(=O)OCC(C)C)cc(Cl)c1Br. The van der Waals surface area contributed by atoms with Crippen LogP contribution in [-0.2, 0) is 4.74 Å². The van der Waals surface area contributed by atoms with Crippen LogP contribution in [-0.4, -0.2) is 19.7 Å². The van der Waals surface area contributed by atoms with Crippen molar-refractivity contribution in [2.45, 2.75) is 13.8 Å². The van der Waals surface area contributed by atoms with Crippen LogP contribution in [0.2, 0.25) is 5.02 Å². The normalized spacial score (nSPS) is 10.5. The summed E-state index contributed by atoms with van der Waals surface area (Å²) in [6.45, 7) is 4.33. The number of rotatable bonds is 4. The predicted molar refractivity (Wildman–Crippen MR) is 70.8 cm³/mol. The summed E-state index contributed by atoms with van der Waals surface area (Å²) in [6.07, 6.45) is 0. The van der Waals surface area contributed by atoms with Crippen LogP contribution < -0.4 is 4.74 Å². The quantitative estimate of drug-likeness (QED) is 0.788. The average Bonchev–Trinajstić information content (AvgIpc) is 2.29. The first-order chi connectivity index (χ1) is 7.95. The van der Waals surface area contributed by atoms with Crippen molar-refractivity contribution in [1.29, 1.82) is 0 Å². The van der Waals surface area contributed by atoms with Gasteiger partial charge in [-0.15, -0.1) is 0 Å². The molecular formula is C12H14BrClO3. The molecule has 1 rings (SSSR count). The van der Waals surface area contributed by atoms with Crippen molar-refractivity contribution >= 4 is 33.5 Å². The van der Waals surface area contributed by atoms with E-state index in [0.29, 0.717) is 33.3 Å². The molecule has 0 aliphatic heterocycles. The van der Waals surface area contributed by atoms with Gasteiger partial charge in [-0.1, -0.05) is 25.4 Å². The molecule has 1 aromatic rings. The van der Waals surface area contributed by atoms with Crippen LogP contribution in [0.4, 0.5) is 0 Å². The van der Waals surface area contributed by atoms with Crippen LogP contribution in [0.3, 0.4) is 0 Å². The molecule has 0 bridgehead atoms. The summed E-state index contributed by atoms with van der Waals surface area (Å²) < 4.78 is 10.8. The van der Waals surface area contributed by atoms with Gasteiger partial charge in [-0.3, -0.25) is 0 Å². The molecule has 0 aliphatic rings.